The molecular weight excluding hydrogens is 691 g/mol. The van der Waals surface area contributed by atoms with Gasteiger partial charge < -0.3 is 9.40 Å². The SMILES string of the molecule is Cc1ccc2c(n1)oc1c(-c3ccc4c5c(sc4n3)CCCC5)[c-]ccc12.[Ir].[c-]1ccccc1-c1ccccn1. The molecule has 199 valence electrons. The van der Waals surface area contributed by atoms with Gasteiger partial charge in [0.1, 0.15) is 4.83 Å². The zero-order chi connectivity index (χ0) is 26.2. The van der Waals surface area contributed by atoms with Gasteiger partial charge in [-0.1, -0.05) is 35.2 Å². The van der Waals surface area contributed by atoms with Crippen LogP contribution in [0.25, 0.3) is 54.8 Å². The summed E-state index contributed by atoms with van der Waals surface area (Å²) in [6, 6.07) is 32.6. The van der Waals surface area contributed by atoms with Crippen LogP contribution in [0.3, 0.4) is 0 Å². The van der Waals surface area contributed by atoms with Gasteiger partial charge in [-0.25, -0.2) is 4.98 Å². The van der Waals surface area contributed by atoms with Gasteiger partial charge in [0.15, 0.2) is 0 Å². The van der Waals surface area contributed by atoms with Gasteiger partial charge in [-0.2, -0.15) is 0 Å². The molecule has 0 spiro atoms. The summed E-state index contributed by atoms with van der Waals surface area (Å²) < 4.78 is 6.13. The van der Waals surface area contributed by atoms with E-state index in [0.29, 0.717) is 5.71 Å². The van der Waals surface area contributed by atoms with Crippen LogP contribution in [0.15, 0.2) is 89.5 Å². The fourth-order valence-corrected chi connectivity index (χ4v) is 6.52. The molecule has 0 unspecified atom stereocenters. The predicted molar refractivity (Wildman–Crippen MR) is 159 cm³/mol. The molecule has 1 aliphatic rings. The summed E-state index contributed by atoms with van der Waals surface area (Å²) in [6.45, 7) is 1.98. The number of fused-ring (bicyclic) bond motifs is 6. The molecule has 0 bridgehead atoms. The number of pyridine rings is 3. The molecule has 0 atom stereocenters. The van der Waals surface area contributed by atoms with E-state index in [2.05, 4.69) is 40.3 Å². The van der Waals surface area contributed by atoms with Crippen molar-refractivity contribution in [3.05, 3.63) is 113 Å². The molecule has 5 heterocycles. The Morgan fingerprint density at radius 1 is 0.775 bits per heavy atom. The molecule has 0 saturated heterocycles. The normalized spacial score (nSPS) is 12.5. The Morgan fingerprint density at radius 2 is 1.65 bits per heavy atom. The molecule has 6 heteroatoms. The third-order valence-electron chi connectivity index (χ3n) is 7.17. The Hall–Kier alpha value is -3.70. The first-order valence-electron chi connectivity index (χ1n) is 13.2. The topological polar surface area (TPSA) is 51.8 Å². The second-order valence-electron chi connectivity index (χ2n) is 9.75. The Bertz CT molecular complexity index is 1890. The number of hydrogen-bond acceptors (Lipinski definition) is 5. The molecular formula is C34H25IrN3OS-2. The van der Waals surface area contributed by atoms with Gasteiger partial charge in [0, 0.05) is 47.6 Å². The maximum absolute atomic E-state index is 6.13. The predicted octanol–water partition coefficient (Wildman–Crippen LogP) is 8.79. The summed E-state index contributed by atoms with van der Waals surface area (Å²) in [5.74, 6) is 0. The van der Waals surface area contributed by atoms with Crippen molar-refractivity contribution >= 4 is 43.6 Å². The molecule has 40 heavy (non-hydrogen) atoms. The maximum Gasteiger partial charge on any atom is 0.216 e. The number of aryl methyl sites for hydroxylation is 3. The number of aromatic nitrogens is 3. The maximum atomic E-state index is 6.13. The molecule has 1 radical (unpaired) electrons. The van der Waals surface area contributed by atoms with Crippen LogP contribution in [0.5, 0.6) is 0 Å². The Kier molecular flexibility index (Phi) is 7.57. The minimum atomic E-state index is 0. The van der Waals surface area contributed by atoms with E-state index in [0.717, 1.165) is 49.4 Å². The first-order chi connectivity index (χ1) is 19.2. The Labute approximate surface area is 250 Å². The molecule has 5 aromatic heterocycles. The van der Waals surface area contributed by atoms with Gasteiger partial charge in [0.2, 0.25) is 5.71 Å². The standard InChI is InChI=1S/C23H17N2OS.C11H8N.Ir/c1-13-9-10-16-15-6-4-7-18(21(15)26-22(16)24-13)19-12-11-17-14-5-2-3-8-20(14)27-23(17)25-19;1-2-6-10(7-3-1)11-8-4-5-9-12-11;/h4,6,9-12H,2-3,5,8H2,1H3;1-6,8-9H;/q2*-1;. The number of thiophene rings is 1. The van der Waals surface area contributed by atoms with Gasteiger partial charge in [0.05, 0.1) is 5.58 Å². The van der Waals surface area contributed by atoms with E-state index in [9.17, 15) is 0 Å². The van der Waals surface area contributed by atoms with Crippen molar-refractivity contribution in [3.63, 3.8) is 0 Å². The number of rotatable bonds is 2. The van der Waals surface area contributed by atoms with Crippen molar-refractivity contribution in [1.82, 2.24) is 15.0 Å². The van der Waals surface area contributed by atoms with Crippen LogP contribution < -0.4 is 0 Å². The Balaban J connectivity index is 0.000000188. The number of furan rings is 1. The van der Waals surface area contributed by atoms with Crippen molar-refractivity contribution in [3.8, 4) is 22.5 Å². The van der Waals surface area contributed by atoms with Crippen LogP contribution >= 0.6 is 11.3 Å². The largest absolute Gasteiger partial charge is 0.486 e. The Morgan fingerprint density at radius 3 is 2.50 bits per heavy atom. The van der Waals surface area contributed by atoms with Gasteiger partial charge >= 0.3 is 0 Å². The summed E-state index contributed by atoms with van der Waals surface area (Å²) >= 11 is 1.85. The molecule has 2 aromatic carbocycles. The summed E-state index contributed by atoms with van der Waals surface area (Å²) in [6.07, 6.45) is 6.76. The average Bonchev–Trinajstić information content (AvgIpc) is 3.55. The summed E-state index contributed by atoms with van der Waals surface area (Å²) in [7, 11) is 0. The molecule has 0 saturated carbocycles. The molecule has 8 rings (SSSR count). The van der Waals surface area contributed by atoms with Crippen LogP contribution in [0.2, 0.25) is 0 Å². The summed E-state index contributed by atoms with van der Waals surface area (Å²) in [5, 5.41) is 3.43. The van der Waals surface area contributed by atoms with Crippen molar-refractivity contribution < 1.29 is 24.5 Å². The van der Waals surface area contributed by atoms with Gasteiger partial charge in [-0.3, -0.25) is 4.98 Å². The third kappa shape index (κ3) is 4.99. The van der Waals surface area contributed by atoms with Gasteiger partial charge in [-0.15, -0.1) is 65.4 Å². The summed E-state index contributed by atoms with van der Waals surface area (Å²) in [5.41, 5.74) is 7.81. The minimum Gasteiger partial charge on any atom is -0.486 e. The quantitative estimate of drug-likeness (QED) is 0.168. The molecule has 0 aliphatic heterocycles. The van der Waals surface area contributed by atoms with Crippen molar-refractivity contribution in [1.29, 1.82) is 0 Å². The molecule has 0 N–H and O–H groups in total. The monoisotopic (exact) mass is 716 g/mol. The molecule has 0 fully saturated rings. The van der Waals surface area contributed by atoms with Crippen LogP contribution in [0.1, 0.15) is 29.0 Å². The van der Waals surface area contributed by atoms with Gasteiger partial charge in [-0.05, 0) is 67.8 Å². The van der Waals surface area contributed by atoms with E-state index in [-0.39, 0.29) is 20.1 Å². The van der Waals surface area contributed by atoms with Crippen LogP contribution in [0.4, 0.5) is 0 Å². The smallest absolute Gasteiger partial charge is 0.216 e. The fourth-order valence-electron chi connectivity index (χ4n) is 5.26. The van der Waals surface area contributed by atoms with Crippen molar-refractivity contribution in [2.24, 2.45) is 0 Å². The van der Waals surface area contributed by atoms with Crippen LogP contribution in [0, 0.1) is 19.1 Å². The molecule has 1 aliphatic carbocycles. The van der Waals surface area contributed by atoms with Crippen LogP contribution in [-0.4, -0.2) is 15.0 Å². The van der Waals surface area contributed by atoms with E-state index in [4.69, 9.17) is 9.40 Å². The van der Waals surface area contributed by atoms with Crippen LogP contribution in [-0.2, 0) is 32.9 Å². The van der Waals surface area contributed by atoms with E-state index < -0.39 is 0 Å². The second-order valence-corrected chi connectivity index (χ2v) is 10.8. The van der Waals surface area contributed by atoms with Gasteiger partial charge in [0.25, 0.3) is 0 Å². The third-order valence-corrected chi connectivity index (χ3v) is 8.37. The van der Waals surface area contributed by atoms with Crippen molar-refractivity contribution in [2.75, 3.05) is 0 Å². The number of benzene rings is 2. The van der Waals surface area contributed by atoms with E-state index in [1.165, 1.54) is 41.5 Å². The van der Waals surface area contributed by atoms with E-state index >= 15 is 0 Å². The first-order valence-corrected chi connectivity index (χ1v) is 14.1. The number of nitrogens with zero attached hydrogens (tertiary/aromatic N) is 3. The second kappa shape index (κ2) is 11.4. The average molecular weight is 716 g/mol. The zero-order valence-electron chi connectivity index (χ0n) is 21.9. The fraction of sp³-hybridized carbons (Fsp3) is 0.147. The van der Waals surface area contributed by atoms with E-state index in [1.807, 2.05) is 78.9 Å². The zero-order valence-corrected chi connectivity index (χ0v) is 25.1. The minimum absolute atomic E-state index is 0. The molecule has 4 nitrogen and oxygen atoms in total. The first kappa shape index (κ1) is 26.5. The molecule has 7 aromatic rings. The molecule has 0 amide bonds. The van der Waals surface area contributed by atoms with Crippen molar-refractivity contribution in [2.45, 2.75) is 32.6 Å². The summed E-state index contributed by atoms with van der Waals surface area (Å²) in [4.78, 5) is 16.4. The number of hydrogen-bond donors (Lipinski definition) is 0. The van der Waals surface area contributed by atoms with E-state index in [1.54, 1.807) is 6.20 Å².